The minimum Gasteiger partial charge on any atom is -0.383 e. The zero-order valence-corrected chi connectivity index (χ0v) is 9.27. The molecule has 3 nitrogen and oxygen atoms in total. The van der Waals surface area contributed by atoms with Crippen molar-refractivity contribution < 1.29 is 23.4 Å². The molecule has 0 saturated carbocycles. The maximum atomic E-state index is 12.7. The molecule has 1 unspecified atom stereocenters. The number of rotatable bonds is 5. The molecule has 0 aliphatic heterocycles. The van der Waals surface area contributed by atoms with Gasteiger partial charge in [0, 0.05) is 20.6 Å². The van der Waals surface area contributed by atoms with Crippen molar-refractivity contribution in [2.45, 2.75) is 30.1 Å². The van der Waals surface area contributed by atoms with Gasteiger partial charge in [0.2, 0.25) is 0 Å². The SMILES string of the molecule is COC(CC(C)(O)C(F)(F)Br)OC. The Bertz CT molecular complexity index is 154. The van der Waals surface area contributed by atoms with Crippen LogP contribution in [0.1, 0.15) is 13.3 Å². The first-order valence-corrected chi connectivity index (χ1v) is 4.38. The molecule has 0 aromatic carbocycles. The third-order valence-electron chi connectivity index (χ3n) is 1.70. The molecule has 0 aromatic heterocycles. The Morgan fingerprint density at radius 1 is 1.38 bits per heavy atom. The smallest absolute Gasteiger partial charge is 0.329 e. The van der Waals surface area contributed by atoms with Crippen LogP contribution in [0, 0.1) is 0 Å². The number of hydrogen-bond donors (Lipinski definition) is 1. The van der Waals surface area contributed by atoms with Gasteiger partial charge in [0.15, 0.2) is 6.29 Å². The van der Waals surface area contributed by atoms with Crippen LogP contribution in [0.5, 0.6) is 0 Å². The molecule has 6 heteroatoms. The van der Waals surface area contributed by atoms with E-state index < -0.39 is 16.7 Å². The second-order valence-corrected chi connectivity index (χ2v) is 3.87. The maximum absolute atomic E-state index is 12.7. The van der Waals surface area contributed by atoms with Crippen LogP contribution < -0.4 is 0 Å². The largest absolute Gasteiger partial charge is 0.383 e. The summed E-state index contributed by atoms with van der Waals surface area (Å²) in [5.41, 5.74) is -2.20. The first kappa shape index (κ1) is 13.2. The lowest BCUT2D eigenvalue weighted by Gasteiger charge is -2.30. The molecular formula is C7H13BrF2O3. The number of methoxy groups -OCH3 is 2. The summed E-state index contributed by atoms with van der Waals surface area (Å²) in [7, 11) is 2.63. The number of aliphatic hydroxyl groups is 1. The highest BCUT2D eigenvalue weighted by molar-refractivity contribution is 9.10. The number of ether oxygens (including phenoxy) is 2. The van der Waals surface area contributed by atoms with Gasteiger partial charge in [-0.25, -0.2) is 0 Å². The number of hydrogen-bond acceptors (Lipinski definition) is 3. The molecule has 1 N–H and O–H groups in total. The van der Waals surface area contributed by atoms with E-state index in [1.807, 2.05) is 0 Å². The Morgan fingerprint density at radius 2 is 1.77 bits per heavy atom. The van der Waals surface area contributed by atoms with Gasteiger partial charge in [0.1, 0.15) is 5.60 Å². The van der Waals surface area contributed by atoms with Crippen LogP contribution >= 0.6 is 15.9 Å². The lowest BCUT2D eigenvalue weighted by Crippen LogP contribution is -2.44. The van der Waals surface area contributed by atoms with E-state index in [1.165, 1.54) is 14.2 Å². The van der Waals surface area contributed by atoms with Crippen LogP contribution in [-0.4, -0.2) is 36.0 Å². The molecule has 0 fully saturated rings. The van der Waals surface area contributed by atoms with E-state index in [0.29, 0.717) is 0 Å². The van der Waals surface area contributed by atoms with Crippen molar-refractivity contribution in [3.8, 4) is 0 Å². The Balaban J connectivity index is 4.31. The fraction of sp³-hybridized carbons (Fsp3) is 1.00. The standard InChI is InChI=1S/C7H13BrF2O3/c1-6(11,7(8,9)10)4-5(12-2)13-3/h5,11H,4H2,1-3H3. The van der Waals surface area contributed by atoms with E-state index in [9.17, 15) is 13.9 Å². The minimum absolute atomic E-state index is 0.321. The molecular weight excluding hydrogens is 250 g/mol. The van der Waals surface area contributed by atoms with Gasteiger partial charge < -0.3 is 14.6 Å². The van der Waals surface area contributed by atoms with Gasteiger partial charge in [0.05, 0.1) is 0 Å². The summed E-state index contributed by atoms with van der Waals surface area (Å²) in [6, 6.07) is 0. The van der Waals surface area contributed by atoms with Crippen LogP contribution in [0.15, 0.2) is 0 Å². The van der Waals surface area contributed by atoms with Crippen LogP contribution in [0.3, 0.4) is 0 Å². The summed E-state index contributed by atoms with van der Waals surface area (Å²) in [6.45, 7) is 1.01. The molecule has 0 aliphatic carbocycles. The van der Waals surface area contributed by atoms with E-state index in [-0.39, 0.29) is 6.42 Å². The first-order valence-electron chi connectivity index (χ1n) is 3.59. The molecule has 0 heterocycles. The lowest BCUT2D eigenvalue weighted by molar-refractivity contribution is -0.179. The second-order valence-electron chi connectivity index (χ2n) is 2.88. The summed E-state index contributed by atoms with van der Waals surface area (Å²) in [5.74, 6) is 0. The molecule has 13 heavy (non-hydrogen) atoms. The zero-order valence-electron chi connectivity index (χ0n) is 7.68. The highest BCUT2D eigenvalue weighted by Crippen LogP contribution is 2.37. The quantitative estimate of drug-likeness (QED) is 0.606. The van der Waals surface area contributed by atoms with Gasteiger partial charge in [-0.2, -0.15) is 8.78 Å². The fourth-order valence-corrected chi connectivity index (χ4v) is 0.865. The van der Waals surface area contributed by atoms with E-state index in [2.05, 4.69) is 15.9 Å². The van der Waals surface area contributed by atoms with Crippen molar-refractivity contribution in [2.24, 2.45) is 0 Å². The Kier molecular flexibility index (Phi) is 4.71. The number of halogens is 3. The van der Waals surface area contributed by atoms with Crippen molar-refractivity contribution >= 4 is 15.9 Å². The van der Waals surface area contributed by atoms with Gasteiger partial charge in [-0.05, 0) is 22.9 Å². The zero-order chi connectivity index (χ0) is 10.7. The Labute approximate surface area is 84.1 Å². The van der Waals surface area contributed by atoms with Gasteiger partial charge in [0.25, 0.3) is 0 Å². The van der Waals surface area contributed by atoms with E-state index >= 15 is 0 Å². The van der Waals surface area contributed by atoms with Gasteiger partial charge >= 0.3 is 4.83 Å². The van der Waals surface area contributed by atoms with Crippen molar-refractivity contribution in [1.82, 2.24) is 0 Å². The Hall–Kier alpha value is 0.220. The summed E-state index contributed by atoms with van der Waals surface area (Å²) in [5, 5.41) is 9.33. The summed E-state index contributed by atoms with van der Waals surface area (Å²) in [4.78, 5) is -3.37. The molecule has 0 rings (SSSR count). The summed E-state index contributed by atoms with van der Waals surface area (Å²) < 4.78 is 34.8. The molecule has 0 radical (unpaired) electrons. The van der Waals surface area contributed by atoms with Crippen LogP contribution in [-0.2, 0) is 9.47 Å². The first-order chi connectivity index (χ1) is 5.74. The fourth-order valence-electron chi connectivity index (χ4n) is 0.703. The third kappa shape index (κ3) is 3.84. The monoisotopic (exact) mass is 262 g/mol. The average molecular weight is 263 g/mol. The van der Waals surface area contributed by atoms with Crippen molar-refractivity contribution in [2.75, 3.05) is 14.2 Å². The molecule has 0 spiro atoms. The molecule has 0 saturated heterocycles. The number of alkyl halides is 3. The van der Waals surface area contributed by atoms with Crippen LogP contribution in [0.25, 0.3) is 0 Å². The summed E-state index contributed by atoms with van der Waals surface area (Å²) >= 11 is 2.09. The van der Waals surface area contributed by atoms with E-state index in [4.69, 9.17) is 9.47 Å². The molecule has 80 valence electrons. The van der Waals surface area contributed by atoms with Crippen LogP contribution in [0.2, 0.25) is 0 Å². The second kappa shape index (κ2) is 4.63. The molecule has 1 atom stereocenters. The van der Waals surface area contributed by atoms with Crippen molar-refractivity contribution in [1.29, 1.82) is 0 Å². The molecule has 0 amide bonds. The topological polar surface area (TPSA) is 38.7 Å². The predicted octanol–water partition coefficient (Wildman–Crippen LogP) is 1.73. The molecule has 0 bridgehead atoms. The predicted molar refractivity (Wildman–Crippen MR) is 46.9 cm³/mol. The van der Waals surface area contributed by atoms with Gasteiger partial charge in [-0.1, -0.05) is 0 Å². The maximum Gasteiger partial charge on any atom is 0.329 e. The lowest BCUT2D eigenvalue weighted by atomic mass is 10.0. The Morgan fingerprint density at radius 3 is 2.00 bits per heavy atom. The molecule has 0 aliphatic rings. The summed E-state index contributed by atoms with van der Waals surface area (Å²) in [6.07, 6.45) is -1.17. The highest BCUT2D eigenvalue weighted by Gasteiger charge is 2.48. The van der Waals surface area contributed by atoms with Crippen LogP contribution in [0.4, 0.5) is 8.78 Å². The van der Waals surface area contributed by atoms with Crippen molar-refractivity contribution in [3.05, 3.63) is 0 Å². The normalized spacial score (nSPS) is 17.5. The van der Waals surface area contributed by atoms with E-state index in [1.54, 1.807) is 0 Å². The third-order valence-corrected chi connectivity index (χ3v) is 2.55. The minimum atomic E-state index is -3.37. The van der Waals surface area contributed by atoms with Gasteiger partial charge in [-0.15, -0.1) is 0 Å². The molecule has 0 aromatic rings. The highest BCUT2D eigenvalue weighted by atomic mass is 79.9. The average Bonchev–Trinajstić information content (AvgIpc) is 1.98. The van der Waals surface area contributed by atoms with E-state index in [0.717, 1.165) is 6.92 Å². The van der Waals surface area contributed by atoms with Gasteiger partial charge in [-0.3, -0.25) is 0 Å². The van der Waals surface area contributed by atoms with Crippen molar-refractivity contribution in [3.63, 3.8) is 0 Å².